The zero-order valence-electron chi connectivity index (χ0n) is 12.4. The number of fused-ring (bicyclic) bond motifs is 2. The molecule has 0 amide bonds. The predicted octanol–water partition coefficient (Wildman–Crippen LogP) is 0.470. The molecule has 0 aromatic rings. The van der Waals surface area contributed by atoms with Crippen LogP contribution in [-0.4, -0.2) is 34.7 Å². The second kappa shape index (κ2) is 5.85. The number of nitrogens with two attached hydrogens (primary N) is 2. The molecule has 0 heterocycles. The van der Waals surface area contributed by atoms with Crippen molar-refractivity contribution < 1.29 is 19.5 Å². The lowest BCUT2D eigenvalue weighted by molar-refractivity contribution is -0.141. The van der Waals surface area contributed by atoms with E-state index in [1.165, 1.54) is 6.92 Å². The smallest absolute Gasteiger partial charge is 0.305 e. The van der Waals surface area contributed by atoms with Crippen LogP contribution in [0.2, 0.25) is 0 Å². The van der Waals surface area contributed by atoms with Gasteiger partial charge in [0.2, 0.25) is 0 Å². The molecule has 21 heavy (non-hydrogen) atoms. The average molecular weight is 296 g/mol. The summed E-state index contributed by atoms with van der Waals surface area (Å²) in [5, 5.41) is 8.83. The molecule has 6 heteroatoms. The number of hydrogen-bond donors (Lipinski definition) is 3. The largest absolute Gasteiger partial charge is 0.481 e. The number of aliphatic carboxylic acids is 1. The van der Waals surface area contributed by atoms with Crippen LogP contribution in [0.25, 0.3) is 0 Å². The van der Waals surface area contributed by atoms with E-state index < -0.39 is 30.4 Å². The molecule has 0 aliphatic heterocycles. The lowest BCUT2D eigenvalue weighted by Crippen LogP contribution is -2.53. The van der Waals surface area contributed by atoms with Crippen LogP contribution in [-0.2, 0) is 14.4 Å². The van der Waals surface area contributed by atoms with Gasteiger partial charge >= 0.3 is 5.97 Å². The van der Waals surface area contributed by atoms with Gasteiger partial charge in [0, 0.05) is 5.92 Å². The highest BCUT2D eigenvalue weighted by molar-refractivity contribution is 5.95. The van der Waals surface area contributed by atoms with Crippen molar-refractivity contribution in [2.75, 3.05) is 0 Å². The Morgan fingerprint density at radius 2 is 1.81 bits per heavy atom. The Morgan fingerprint density at radius 3 is 2.19 bits per heavy atom. The third-order valence-corrected chi connectivity index (χ3v) is 5.35. The molecule has 0 aromatic heterocycles. The third kappa shape index (κ3) is 3.01. The summed E-state index contributed by atoms with van der Waals surface area (Å²) in [4.78, 5) is 35.2. The van der Waals surface area contributed by atoms with Gasteiger partial charge in [-0.3, -0.25) is 14.4 Å². The van der Waals surface area contributed by atoms with Crippen molar-refractivity contribution in [1.29, 1.82) is 0 Å². The number of carboxylic acids is 1. The first-order chi connectivity index (χ1) is 9.77. The monoisotopic (exact) mass is 296 g/mol. The van der Waals surface area contributed by atoms with Crippen LogP contribution in [0.5, 0.6) is 0 Å². The molecule has 0 aromatic carbocycles. The molecule has 0 spiro atoms. The highest BCUT2D eigenvalue weighted by Gasteiger charge is 2.55. The maximum absolute atomic E-state index is 12.7. The molecule has 3 atom stereocenters. The summed E-state index contributed by atoms with van der Waals surface area (Å²) in [6, 6.07) is -1.97. The second-order valence-corrected chi connectivity index (χ2v) is 6.73. The molecule has 6 nitrogen and oxygen atoms in total. The number of carboxylic acid groups (broad SMARTS) is 1. The van der Waals surface area contributed by atoms with Crippen LogP contribution >= 0.6 is 0 Å². The van der Waals surface area contributed by atoms with Crippen molar-refractivity contribution >= 4 is 17.5 Å². The molecule has 118 valence electrons. The third-order valence-electron chi connectivity index (χ3n) is 5.35. The lowest BCUT2D eigenvalue weighted by atomic mass is 9.66. The van der Waals surface area contributed by atoms with E-state index in [0.29, 0.717) is 5.92 Å². The summed E-state index contributed by atoms with van der Waals surface area (Å²) in [6.45, 7) is 1.38. The minimum Gasteiger partial charge on any atom is -0.481 e. The number of carbonyl (C=O) groups is 3. The summed E-state index contributed by atoms with van der Waals surface area (Å²) in [6.07, 6.45) is 4.37. The van der Waals surface area contributed by atoms with Crippen LogP contribution in [0.15, 0.2) is 0 Å². The average Bonchev–Trinajstić information content (AvgIpc) is 2.98. The Balaban J connectivity index is 2.26. The highest BCUT2D eigenvalue weighted by Crippen LogP contribution is 2.59. The summed E-state index contributed by atoms with van der Waals surface area (Å²) in [5.41, 5.74) is 11.5. The Labute approximate surface area is 124 Å². The minimum absolute atomic E-state index is 0.236. The van der Waals surface area contributed by atoms with Crippen molar-refractivity contribution in [3.05, 3.63) is 0 Å². The van der Waals surface area contributed by atoms with Gasteiger partial charge in [0.05, 0.1) is 18.5 Å². The fourth-order valence-corrected chi connectivity index (χ4v) is 4.29. The van der Waals surface area contributed by atoms with Crippen LogP contribution in [0.4, 0.5) is 0 Å². The van der Waals surface area contributed by atoms with E-state index in [-0.39, 0.29) is 17.0 Å². The molecule has 0 radical (unpaired) electrons. The lowest BCUT2D eigenvalue weighted by Gasteiger charge is -2.38. The van der Waals surface area contributed by atoms with E-state index in [9.17, 15) is 14.4 Å². The fourth-order valence-electron chi connectivity index (χ4n) is 4.29. The molecule has 2 fully saturated rings. The number of ketones is 2. The molecule has 0 saturated heterocycles. The molecular formula is C15H24N2O4. The first kappa shape index (κ1) is 16.1. The van der Waals surface area contributed by atoms with Crippen LogP contribution in [0.1, 0.15) is 45.4 Å². The molecule has 3 unspecified atom stereocenters. The predicted molar refractivity (Wildman–Crippen MR) is 76.4 cm³/mol. The minimum atomic E-state index is -1.11. The van der Waals surface area contributed by atoms with Gasteiger partial charge in [0.15, 0.2) is 5.78 Å². The normalized spacial score (nSPS) is 31.7. The molecule has 2 bridgehead atoms. The summed E-state index contributed by atoms with van der Waals surface area (Å²) >= 11 is 0. The molecule has 2 aliphatic rings. The van der Waals surface area contributed by atoms with E-state index in [2.05, 4.69) is 0 Å². The van der Waals surface area contributed by atoms with E-state index in [1.807, 2.05) is 0 Å². The summed E-state index contributed by atoms with van der Waals surface area (Å²) in [5.74, 6) is -1.74. The van der Waals surface area contributed by atoms with Crippen molar-refractivity contribution in [3.63, 3.8) is 0 Å². The molecular weight excluding hydrogens is 272 g/mol. The molecule has 2 aliphatic carbocycles. The second-order valence-electron chi connectivity index (χ2n) is 6.73. The van der Waals surface area contributed by atoms with Crippen molar-refractivity contribution in [2.24, 2.45) is 28.7 Å². The fraction of sp³-hybridized carbons (Fsp3) is 0.800. The maximum Gasteiger partial charge on any atom is 0.305 e. The Bertz CT molecular complexity index is 455. The number of Topliss-reactive ketones (excluding diaryl/α,β-unsaturated/α-hetero) is 2. The Kier molecular flexibility index (Phi) is 4.49. The highest BCUT2D eigenvalue weighted by atomic mass is 16.4. The first-order valence-electron chi connectivity index (χ1n) is 7.54. The maximum atomic E-state index is 12.7. The zero-order chi connectivity index (χ0) is 15.8. The van der Waals surface area contributed by atoms with E-state index in [4.69, 9.17) is 16.6 Å². The van der Waals surface area contributed by atoms with E-state index >= 15 is 0 Å². The Hall–Kier alpha value is -1.27. The van der Waals surface area contributed by atoms with Crippen molar-refractivity contribution in [3.8, 4) is 0 Å². The van der Waals surface area contributed by atoms with Crippen LogP contribution < -0.4 is 11.5 Å². The number of hydrogen-bond acceptors (Lipinski definition) is 5. The first-order valence-corrected chi connectivity index (χ1v) is 7.54. The SMILES string of the molecule is CC(=O)C(N)C(C(=O)C(N)CC(=O)O)C12CCC(CC1)C2. The quantitative estimate of drug-likeness (QED) is 0.627. The van der Waals surface area contributed by atoms with Crippen LogP contribution in [0, 0.1) is 17.3 Å². The molecule has 2 saturated carbocycles. The van der Waals surface area contributed by atoms with Gasteiger partial charge in [-0.25, -0.2) is 0 Å². The van der Waals surface area contributed by atoms with E-state index in [0.717, 1.165) is 32.1 Å². The van der Waals surface area contributed by atoms with Gasteiger partial charge in [0.1, 0.15) is 5.78 Å². The summed E-state index contributed by atoms with van der Waals surface area (Å²) < 4.78 is 0. The van der Waals surface area contributed by atoms with Crippen molar-refractivity contribution in [2.45, 2.75) is 57.5 Å². The van der Waals surface area contributed by atoms with Gasteiger partial charge < -0.3 is 16.6 Å². The van der Waals surface area contributed by atoms with Gasteiger partial charge in [-0.1, -0.05) is 0 Å². The van der Waals surface area contributed by atoms with Gasteiger partial charge in [-0.2, -0.15) is 0 Å². The molecule has 5 N–H and O–H groups in total. The number of carbonyl (C=O) groups excluding carboxylic acids is 2. The zero-order valence-corrected chi connectivity index (χ0v) is 12.4. The van der Waals surface area contributed by atoms with Gasteiger partial charge in [-0.05, 0) is 50.4 Å². The summed E-state index contributed by atoms with van der Waals surface area (Å²) in [7, 11) is 0. The number of rotatable bonds is 7. The van der Waals surface area contributed by atoms with E-state index in [1.54, 1.807) is 0 Å². The van der Waals surface area contributed by atoms with Gasteiger partial charge in [-0.15, -0.1) is 0 Å². The Morgan fingerprint density at radius 1 is 1.24 bits per heavy atom. The van der Waals surface area contributed by atoms with Gasteiger partial charge in [0.25, 0.3) is 0 Å². The van der Waals surface area contributed by atoms with Crippen LogP contribution in [0.3, 0.4) is 0 Å². The molecule has 2 rings (SSSR count). The standard InChI is InChI=1S/C15H24N2O4/c1-8(18)13(17)12(14(21)10(16)6-11(19)20)15-4-2-9(7-15)3-5-15/h9-10,12-13H,2-7,16-17H2,1H3,(H,19,20). The van der Waals surface area contributed by atoms with Crippen molar-refractivity contribution in [1.82, 2.24) is 0 Å². The topological polar surface area (TPSA) is 123 Å².